The largest absolute Gasteiger partial charge is 0.493 e. The van der Waals surface area contributed by atoms with Crippen molar-refractivity contribution in [3.05, 3.63) is 30.3 Å². The quantitative estimate of drug-likeness (QED) is 0.802. The highest BCUT2D eigenvalue weighted by molar-refractivity contribution is 5.76. The van der Waals surface area contributed by atoms with E-state index < -0.39 is 0 Å². The van der Waals surface area contributed by atoms with Crippen LogP contribution < -0.4 is 4.74 Å². The Morgan fingerprint density at radius 2 is 2.21 bits per heavy atom. The standard InChI is InChI=1S/C19H27NO4/c1-22-15-19-10-5-12-24-17(19)8-11-20(14-19)18(21)9-13-23-16-6-3-2-4-7-16/h2-4,6-7,17H,5,8-15H2,1H3/t17-,19-/m0/s1. The second kappa shape index (κ2) is 7.99. The van der Waals surface area contributed by atoms with Gasteiger partial charge in [0.2, 0.25) is 5.91 Å². The van der Waals surface area contributed by atoms with Gasteiger partial charge in [0, 0.05) is 32.2 Å². The average molecular weight is 333 g/mol. The molecular weight excluding hydrogens is 306 g/mol. The highest BCUT2D eigenvalue weighted by Gasteiger charge is 2.46. The molecule has 0 saturated carbocycles. The average Bonchev–Trinajstić information content (AvgIpc) is 2.62. The summed E-state index contributed by atoms with van der Waals surface area (Å²) in [5.74, 6) is 0.964. The van der Waals surface area contributed by atoms with Crippen LogP contribution in [0, 0.1) is 5.41 Å². The molecule has 2 aliphatic rings. The first kappa shape index (κ1) is 17.2. The molecule has 0 radical (unpaired) electrons. The molecule has 0 unspecified atom stereocenters. The second-order valence-electron chi connectivity index (χ2n) is 6.77. The Morgan fingerprint density at radius 3 is 3.00 bits per heavy atom. The first-order valence-corrected chi connectivity index (χ1v) is 8.80. The minimum absolute atomic E-state index is 0.0405. The van der Waals surface area contributed by atoms with Crippen LogP contribution in [0.25, 0.3) is 0 Å². The lowest BCUT2D eigenvalue weighted by Crippen LogP contribution is -2.58. The Labute approximate surface area is 143 Å². The molecule has 0 spiro atoms. The third-order valence-corrected chi connectivity index (χ3v) is 5.10. The molecule has 0 bridgehead atoms. The summed E-state index contributed by atoms with van der Waals surface area (Å²) in [6.45, 7) is 3.39. The fourth-order valence-electron chi connectivity index (χ4n) is 3.93. The summed E-state index contributed by atoms with van der Waals surface area (Å²) in [6.07, 6.45) is 3.63. The number of carbonyl (C=O) groups is 1. The predicted molar refractivity (Wildman–Crippen MR) is 91.0 cm³/mol. The van der Waals surface area contributed by atoms with Crippen LogP contribution in [0.2, 0.25) is 0 Å². The Hall–Kier alpha value is -1.59. The summed E-state index contributed by atoms with van der Waals surface area (Å²) in [5, 5.41) is 0. The van der Waals surface area contributed by atoms with Crippen LogP contribution in [-0.4, -0.2) is 56.9 Å². The minimum Gasteiger partial charge on any atom is -0.493 e. The van der Waals surface area contributed by atoms with Crippen LogP contribution in [0.15, 0.2) is 30.3 Å². The molecule has 2 saturated heterocycles. The molecule has 1 aromatic rings. The van der Waals surface area contributed by atoms with E-state index in [4.69, 9.17) is 14.2 Å². The van der Waals surface area contributed by atoms with Gasteiger partial charge in [-0.05, 0) is 31.4 Å². The van der Waals surface area contributed by atoms with Gasteiger partial charge in [0.05, 0.1) is 25.7 Å². The van der Waals surface area contributed by atoms with E-state index in [-0.39, 0.29) is 17.4 Å². The van der Waals surface area contributed by atoms with Crippen molar-refractivity contribution in [2.75, 3.05) is 40.0 Å². The number of benzene rings is 1. The molecule has 2 fully saturated rings. The minimum atomic E-state index is -0.0405. The first-order valence-electron chi connectivity index (χ1n) is 8.80. The number of methoxy groups -OCH3 is 1. The molecule has 5 heteroatoms. The molecule has 1 aromatic carbocycles. The van der Waals surface area contributed by atoms with Crippen molar-refractivity contribution in [3.63, 3.8) is 0 Å². The van der Waals surface area contributed by atoms with Crippen LogP contribution in [-0.2, 0) is 14.3 Å². The molecular formula is C19H27NO4. The monoisotopic (exact) mass is 333 g/mol. The van der Waals surface area contributed by atoms with Gasteiger partial charge in [-0.25, -0.2) is 0 Å². The van der Waals surface area contributed by atoms with Gasteiger partial charge in [-0.2, -0.15) is 0 Å². The number of likely N-dealkylation sites (tertiary alicyclic amines) is 1. The van der Waals surface area contributed by atoms with E-state index in [2.05, 4.69) is 0 Å². The summed E-state index contributed by atoms with van der Waals surface area (Å²) in [4.78, 5) is 14.5. The van der Waals surface area contributed by atoms with Crippen LogP contribution >= 0.6 is 0 Å². The van der Waals surface area contributed by atoms with Crippen molar-refractivity contribution in [3.8, 4) is 5.75 Å². The molecule has 1 amide bonds. The maximum absolute atomic E-state index is 12.6. The topological polar surface area (TPSA) is 48.0 Å². The molecule has 132 valence electrons. The zero-order chi connectivity index (χ0) is 16.8. The van der Waals surface area contributed by atoms with E-state index in [1.165, 1.54) is 0 Å². The molecule has 2 aliphatic heterocycles. The van der Waals surface area contributed by atoms with E-state index in [9.17, 15) is 4.79 Å². The lowest BCUT2D eigenvalue weighted by Gasteiger charge is -2.50. The zero-order valence-corrected chi connectivity index (χ0v) is 14.4. The number of carbonyl (C=O) groups excluding carboxylic acids is 1. The van der Waals surface area contributed by atoms with Crippen molar-refractivity contribution in [1.82, 2.24) is 4.90 Å². The third-order valence-electron chi connectivity index (χ3n) is 5.10. The molecule has 2 atom stereocenters. The van der Waals surface area contributed by atoms with Gasteiger partial charge in [-0.1, -0.05) is 18.2 Å². The van der Waals surface area contributed by atoms with Crippen molar-refractivity contribution < 1.29 is 19.0 Å². The van der Waals surface area contributed by atoms with Crippen molar-refractivity contribution in [1.29, 1.82) is 0 Å². The highest BCUT2D eigenvalue weighted by atomic mass is 16.5. The number of para-hydroxylation sites is 1. The Kier molecular flexibility index (Phi) is 5.74. The van der Waals surface area contributed by atoms with Crippen LogP contribution in [0.5, 0.6) is 5.75 Å². The normalized spacial score (nSPS) is 26.7. The van der Waals surface area contributed by atoms with E-state index in [0.29, 0.717) is 19.6 Å². The van der Waals surface area contributed by atoms with Crippen molar-refractivity contribution in [2.45, 2.75) is 31.8 Å². The molecule has 5 nitrogen and oxygen atoms in total. The Morgan fingerprint density at radius 1 is 1.38 bits per heavy atom. The van der Waals surface area contributed by atoms with Crippen molar-refractivity contribution in [2.24, 2.45) is 5.41 Å². The van der Waals surface area contributed by atoms with Crippen molar-refractivity contribution >= 4 is 5.91 Å². The number of amides is 1. The van der Waals surface area contributed by atoms with E-state index >= 15 is 0 Å². The molecule has 0 aliphatic carbocycles. The molecule has 0 N–H and O–H groups in total. The summed E-state index contributed by atoms with van der Waals surface area (Å²) in [6, 6.07) is 9.62. The summed E-state index contributed by atoms with van der Waals surface area (Å²) in [5.41, 5.74) is -0.0405. The van der Waals surface area contributed by atoms with Gasteiger partial charge < -0.3 is 19.1 Å². The maximum Gasteiger partial charge on any atom is 0.226 e. The van der Waals surface area contributed by atoms with Gasteiger partial charge in [-0.15, -0.1) is 0 Å². The second-order valence-corrected chi connectivity index (χ2v) is 6.77. The predicted octanol–water partition coefficient (Wildman–Crippen LogP) is 2.50. The summed E-state index contributed by atoms with van der Waals surface area (Å²) < 4.78 is 17.1. The third kappa shape index (κ3) is 3.90. The molecule has 2 heterocycles. The van der Waals surface area contributed by atoms with Crippen LogP contribution in [0.3, 0.4) is 0 Å². The smallest absolute Gasteiger partial charge is 0.226 e. The number of rotatable bonds is 6. The van der Waals surface area contributed by atoms with Crippen LogP contribution in [0.4, 0.5) is 0 Å². The SMILES string of the molecule is COC[C@@]12CCCO[C@H]1CCN(C(=O)CCOc1ccccc1)C2. The van der Waals surface area contributed by atoms with Crippen LogP contribution in [0.1, 0.15) is 25.7 Å². The number of ether oxygens (including phenoxy) is 3. The van der Waals surface area contributed by atoms with Gasteiger partial charge in [0.1, 0.15) is 5.75 Å². The molecule has 0 aromatic heterocycles. The van der Waals surface area contributed by atoms with Gasteiger partial charge >= 0.3 is 0 Å². The molecule has 3 rings (SSSR count). The Balaban J connectivity index is 1.53. The fraction of sp³-hybridized carbons (Fsp3) is 0.632. The van der Waals surface area contributed by atoms with Gasteiger partial charge in [0.25, 0.3) is 0 Å². The fourth-order valence-corrected chi connectivity index (χ4v) is 3.93. The number of hydrogen-bond acceptors (Lipinski definition) is 4. The lowest BCUT2D eigenvalue weighted by atomic mass is 9.73. The van der Waals surface area contributed by atoms with E-state index in [1.807, 2.05) is 35.2 Å². The van der Waals surface area contributed by atoms with E-state index in [1.54, 1.807) is 7.11 Å². The summed E-state index contributed by atoms with van der Waals surface area (Å²) >= 11 is 0. The highest BCUT2D eigenvalue weighted by Crippen LogP contribution is 2.40. The van der Waals surface area contributed by atoms with Gasteiger partial charge in [0.15, 0.2) is 0 Å². The van der Waals surface area contributed by atoms with E-state index in [0.717, 1.165) is 44.7 Å². The number of hydrogen-bond donors (Lipinski definition) is 0. The van der Waals surface area contributed by atoms with Gasteiger partial charge in [-0.3, -0.25) is 4.79 Å². The molecule has 24 heavy (non-hydrogen) atoms. The maximum atomic E-state index is 12.6. The number of nitrogens with zero attached hydrogens (tertiary/aromatic N) is 1. The lowest BCUT2D eigenvalue weighted by molar-refractivity contribution is -0.162. The number of piperidine rings is 1. The first-order chi connectivity index (χ1) is 11.7. The summed E-state index contributed by atoms with van der Waals surface area (Å²) in [7, 11) is 1.73. The number of fused-ring (bicyclic) bond motifs is 1. The Bertz CT molecular complexity index is 531. The zero-order valence-electron chi connectivity index (χ0n) is 14.4.